The molecule has 4 nitrogen and oxygen atoms in total. The van der Waals surface area contributed by atoms with Crippen LogP contribution in [0.3, 0.4) is 0 Å². The van der Waals surface area contributed by atoms with Crippen LogP contribution in [0, 0.1) is 0 Å². The number of rotatable bonds is 3. The minimum atomic E-state index is -3.40. The molecule has 0 unspecified atom stereocenters. The number of nitrogens with two attached hydrogens (primary N) is 1. The van der Waals surface area contributed by atoms with Crippen LogP contribution < -0.4 is 5.73 Å². The van der Waals surface area contributed by atoms with Gasteiger partial charge in [-0.05, 0) is 12.2 Å². The van der Waals surface area contributed by atoms with Crippen molar-refractivity contribution in [3.05, 3.63) is 0 Å². The minimum absolute atomic E-state index is 0.0584. The Morgan fingerprint density at radius 2 is 2.22 bits per heavy atom. The topological polar surface area (TPSA) is 72.5 Å². The second-order valence-corrected chi connectivity index (χ2v) is 3.19. The lowest BCUT2D eigenvalue weighted by atomic mass is 10.8. The van der Waals surface area contributed by atoms with Gasteiger partial charge >= 0.3 is 0 Å². The summed E-state index contributed by atoms with van der Waals surface area (Å²) in [6.45, 7) is 0.0584. The fraction of sp³-hybridized carbons (Fsp3) is 0.667. The van der Waals surface area contributed by atoms with Crippen molar-refractivity contribution in [2.75, 3.05) is 12.3 Å². The molecular weight excluding hydrogens is 160 g/mol. The van der Waals surface area contributed by atoms with Gasteiger partial charge < -0.3 is 5.73 Å². The van der Waals surface area contributed by atoms with Gasteiger partial charge in [-0.2, -0.15) is 0 Å². The van der Waals surface area contributed by atoms with Crippen LogP contribution in [-0.4, -0.2) is 25.9 Å². The molecule has 0 bridgehead atoms. The van der Waals surface area contributed by atoms with Gasteiger partial charge in [-0.25, -0.2) is 8.42 Å². The van der Waals surface area contributed by atoms with Gasteiger partial charge in [-0.1, -0.05) is 0 Å². The van der Waals surface area contributed by atoms with Gasteiger partial charge in [0.25, 0.3) is 10.0 Å². The Hall–Kier alpha value is -0.290. The second-order valence-electron chi connectivity index (χ2n) is 1.26. The van der Waals surface area contributed by atoms with E-state index in [0.717, 1.165) is 0 Å². The zero-order valence-electron chi connectivity index (χ0n) is 4.57. The molecule has 6 heteroatoms. The second kappa shape index (κ2) is 3.68. The SMILES string of the molecule is NCCS(=O)(=O)N=C=S. The van der Waals surface area contributed by atoms with E-state index < -0.39 is 10.0 Å². The zero-order valence-corrected chi connectivity index (χ0v) is 6.20. The summed E-state index contributed by atoms with van der Waals surface area (Å²) in [5.41, 5.74) is 4.94. The molecule has 0 heterocycles. The van der Waals surface area contributed by atoms with Crippen LogP contribution >= 0.6 is 12.2 Å². The quantitative estimate of drug-likeness (QED) is 0.448. The van der Waals surface area contributed by atoms with E-state index in [1.54, 1.807) is 5.16 Å². The maximum absolute atomic E-state index is 10.5. The number of isothiocyanates is 1. The van der Waals surface area contributed by atoms with E-state index in [1.807, 2.05) is 0 Å². The van der Waals surface area contributed by atoms with E-state index in [2.05, 4.69) is 16.6 Å². The largest absolute Gasteiger partial charge is 0.329 e. The molecule has 0 radical (unpaired) electrons. The molecule has 0 fully saturated rings. The molecule has 2 N–H and O–H groups in total. The molecule has 0 saturated carbocycles. The summed E-state index contributed by atoms with van der Waals surface area (Å²) >= 11 is 4.08. The number of sulfonamides is 1. The summed E-state index contributed by atoms with van der Waals surface area (Å²) in [5.74, 6) is -0.170. The lowest BCUT2D eigenvalue weighted by Crippen LogP contribution is -2.12. The summed E-state index contributed by atoms with van der Waals surface area (Å²) in [6, 6.07) is 0. The predicted octanol–water partition coefficient (Wildman–Crippen LogP) is -0.622. The summed E-state index contributed by atoms with van der Waals surface area (Å²) in [5, 5.41) is 1.76. The first-order valence-electron chi connectivity index (χ1n) is 2.14. The van der Waals surface area contributed by atoms with E-state index in [-0.39, 0.29) is 12.3 Å². The first-order chi connectivity index (χ1) is 4.12. The molecule has 0 rings (SSSR count). The summed E-state index contributed by atoms with van der Waals surface area (Å²) < 4.78 is 23.8. The Balaban J connectivity index is 4.22. The summed E-state index contributed by atoms with van der Waals surface area (Å²) in [4.78, 5) is 0. The van der Waals surface area contributed by atoms with Crippen molar-refractivity contribution in [3.63, 3.8) is 0 Å². The van der Waals surface area contributed by atoms with E-state index in [0.29, 0.717) is 0 Å². The molecule has 0 saturated heterocycles. The van der Waals surface area contributed by atoms with Crippen LogP contribution in [-0.2, 0) is 10.0 Å². The van der Waals surface area contributed by atoms with Crippen LogP contribution in [0.15, 0.2) is 4.40 Å². The highest BCUT2D eigenvalue weighted by molar-refractivity contribution is 7.91. The average molecular weight is 166 g/mol. The smallest absolute Gasteiger partial charge is 0.262 e. The van der Waals surface area contributed by atoms with Gasteiger partial charge in [0.05, 0.1) is 10.9 Å². The molecule has 0 aromatic heterocycles. The van der Waals surface area contributed by atoms with Crippen LogP contribution in [0.5, 0.6) is 0 Å². The molecule has 0 atom stereocenters. The maximum atomic E-state index is 10.5. The van der Waals surface area contributed by atoms with Crippen molar-refractivity contribution < 1.29 is 8.42 Å². The molecule has 0 spiro atoms. The van der Waals surface area contributed by atoms with Crippen molar-refractivity contribution >= 4 is 27.4 Å². The summed E-state index contributed by atoms with van der Waals surface area (Å²) in [6.07, 6.45) is 0. The third kappa shape index (κ3) is 4.23. The number of thiocarbonyl (C=S) groups is 1. The first-order valence-corrected chi connectivity index (χ1v) is 4.16. The molecular formula is C3H6N2O2S2. The number of hydrogen-bond donors (Lipinski definition) is 1. The van der Waals surface area contributed by atoms with Crippen molar-refractivity contribution in [1.29, 1.82) is 0 Å². The van der Waals surface area contributed by atoms with Gasteiger partial charge in [-0.15, -0.1) is 4.40 Å². The van der Waals surface area contributed by atoms with Gasteiger partial charge in [0, 0.05) is 6.54 Å². The van der Waals surface area contributed by atoms with Crippen molar-refractivity contribution in [2.45, 2.75) is 0 Å². The molecule has 0 aromatic rings. The molecule has 0 aliphatic carbocycles. The van der Waals surface area contributed by atoms with E-state index >= 15 is 0 Å². The summed E-state index contributed by atoms with van der Waals surface area (Å²) in [7, 11) is -3.40. The third-order valence-electron chi connectivity index (χ3n) is 0.552. The lowest BCUT2D eigenvalue weighted by Gasteiger charge is -1.88. The third-order valence-corrected chi connectivity index (χ3v) is 1.88. The average Bonchev–Trinajstić information content (AvgIpc) is 1.64. The first kappa shape index (κ1) is 8.71. The number of hydrogen-bond acceptors (Lipinski definition) is 4. The maximum Gasteiger partial charge on any atom is 0.262 e. The van der Waals surface area contributed by atoms with Crippen LogP contribution in [0.2, 0.25) is 0 Å². The highest BCUT2D eigenvalue weighted by Gasteiger charge is 2.02. The van der Waals surface area contributed by atoms with Gasteiger partial charge in [0.1, 0.15) is 0 Å². The monoisotopic (exact) mass is 166 g/mol. The predicted molar refractivity (Wildman–Crippen MR) is 37.9 cm³/mol. The van der Waals surface area contributed by atoms with Gasteiger partial charge in [-0.3, -0.25) is 0 Å². The van der Waals surface area contributed by atoms with Crippen molar-refractivity contribution in [1.82, 2.24) is 0 Å². The Morgan fingerprint density at radius 1 is 1.67 bits per heavy atom. The molecule has 0 aliphatic heterocycles. The van der Waals surface area contributed by atoms with Crippen LogP contribution in [0.25, 0.3) is 0 Å². The molecule has 9 heavy (non-hydrogen) atoms. The standard InChI is InChI=1S/C3H6N2O2S2/c4-1-2-9(6,7)5-3-8/h1-2,4H2. The molecule has 52 valence electrons. The normalized spacial score (nSPS) is 10.3. The lowest BCUT2D eigenvalue weighted by molar-refractivity contribution is 0.598. The van der Waals surface area contributed by atoms with E-state index in [1.165, 1.54) is 0 Å². The zero-order chi connectivity index (χ0) is 7.33. The highest BCUT2D eigenvalue weighted by Crippen LogP contribution is 1.86. The Kier molecular flexibility index (Phi) is 3.56. The van der Waals surface area contributed by atoms with Gasteiger partial charge in [0.15, 0.2) is 0 Å². The molecule has 0 aromatic carbocycles. The Morgan fingerprint density at radius 3 is 2.56 bits per heavy atom. The Bertz CT molecular complexity index is 214. The fourth-order valence-corrected chi connectivity index (χ4v) is 1.09. The highest BCUT2D eigenvalue weighted by atomic mass is 32.2. The van der Waals surface area contributed by atoms with Gasteiger partial charge in [0.2, 0.25) is 0 Å². The van der Waals surface area contributed by atoms with Crippen LogP contribution in [0.1, 0.15) is 0 Å². The van der Waals surface area contributed by atoms with Crippen molar-refractivity contribution in [3.8, 4) is 0 Å². The molecule has 0 amide bonds. The molecule has 0 aliphatic rings. The number of nitrogens with zero attached hydrogens (tertiary/aromatic N) is 1. The van der Waals surface area contributed by atoms with Crippen molar-refractivity contribution in [2.24, 2.45) is 10.1 Å². The van der Waals surface area contributed by atoms with Crippen LogP contribution in [0.4, 0.5) is 0 Å². The van der Waals surface area contributed by atoms with E-state index in [4.69, 9.17) is 5.73 Å². The minimum Gasteiger partial charge on any atom is -0.329 e. The fourth-order valence-electron chi connectivity index (χ4n) is 0.251. The van der Waals surface area contributed by atoms with E-state index in [9.17, 15) is 8.42 Å². The Labute approximate surface area is 58.8 Å².